The summed E-state index contributed by atoms with van der Waals surface area (Å²) in [5.74, 6) is 0.301. The van der Waals surface area contributed by atoms with Gasteiger partial charge in [-0.3, -0.25) is 4.79 Å². The molecule has 0 bridgehead atoms. The number of hydrogen-bond donors (Lipinski definition) is 1. The van der Waals surface area contributed by atoms with Gasteiger partial charge < -0.3 is 15.4 Å². The van der Waals surface area contributed by atoms with Gasteiger partial charge in [0, 0.05) is 24.3 Å². The number of methoxy groups -OCH3 is 1. The second-order valence-electron chi connectivity index (χ2n) is 4.46. The van der Waals surface area contributed by atoms with E-state index in [2.05, 4.69) is 6.07 Å². The molecule has 1 aromatic rings. The third kappa shape index (κ3) is 3.62. The summed E-state index contributed by atoms with van der Waals surface area (Å²) < 4.78 is 5.19. The number of anilines is 1. The van der Waals surface area contributed by atoms with E-state index in [-0.39, 0.29) is 11.9 Å². The van der Waals surface area contributed by atoms with Gasteiger partial charge in [0.1, 0.15) is 5.75 Å². The molecule has 0 unspecified atom stereocenters. The number of hydrogen-bond acceptors (Lipinski definition) is 4. The van der Waals surface area contributed by atoms with Crippen molar-refractivity contribution in [2.24, 2.45) is 0 Å². The first-order valence-corrected chi connectivity index (χ1v) is 6.12. The molecule has 0 saturated carbocycles. The van der Waals surface area contributed by atoms with Crippen molar-refractivity contribution >= 4 is 11.6 Å². The van der Waals surface area contributed by atoms with Crippen LogP contribution in [-0.4, -0.2) is 30.5 Å². The standard InChI is InChI=1S/C14H19N3O2/c1-10(2)17(8-4-7-15)14(18)12-6-5-11(16)9-13(12)19-3/h5-6,9-10H,4,8,16H2,1-3H3. The van der Waals surface area contributed by atoms with Gasteiger partial charge in [-0.1, -0.05) is 0 Å². The molecule has 0 atom stereocenters. The number of nitrogen functional groups attached to an aromatic ring is 1. The second kappa shape index (κ2) is 6.64. The van der Waals surface area contributed by atoms with Crippen molar-refractivity contribution in [2.75, 3.05) is 19.4 Å². The molecule has 0 spiro atoms. The minimum Gasteiger partial charge on any atom is -0.496 e. The van der Waals surface area contributed by atoms with Gasteiger partial charge in [0.25, 0.3) is 5.91 Å². The van der Waals surface area contributed by atoms with Crippen LogP contribution in [0.1, 0.15) is 30.6 Å². The minimum atomic E-state index is -0.151. The summed E-state index contributed by atoms with van der Waals surface area (Å²) in [5, 5.41) is 8.66. The number of nitrogens with zero attached hydrogens (tertiary/aromatic N) is 2. The van der Waals surface area contributed by atoms with Crippen LogP contribution in [0.25, 0.3) is 0 Å². The van der Waals surface area contributed by atoms with E-state index in [0.717, 1.165) is 0 Å². The van der Waals surface area contributed by atoms with Gasteiger partial charge in [-0.15, -0.1) is 0 Å². The van der Waals surface area contributed by atoms with Crippen molar-refractivity contribution in [3.63, 3.8) is 0 Å². The molecule has 0 radical (unpaired) electrons. The molecule has 0 aliphatic carbocycles. The predicted molar refractivity (Wildman–Crippen MR) is 73.8 cm³/mol. The number of rotatable bonds is 5. The van der Waals surface area contributed by atoms with Crippen LogP contribution in [0, 0.1) is 11.3 Å². The average molecular weight is 261 g/mol. The van der Waals surface area contributed by atoms with Gasteiger partial charge in [0.05, 0.1) is 25.2 Å². The van der Waals surface area contributed by atoms with E-state index in [1.54, 1.807) is 23.1 Å². The zero-order valence-corrected chi connectivity index (χ0v) is 11.5. The number of amides is 1. The third-order valence-corrected chi connectivity index (χ3v) is 2.80. The highest BCUT2D eigenvalue weighted by Gasteiger charge is 2.21. The summed E-state index contributed by atoms with van der Waals surface area (Å²) in [4.78, 5) is 14.1. The Morgan fingerprint density at radius 3 is 2.74 bits per heavy atom. The maximum absolute atomic E-state index is 12.5. The summed E-state index contributed by atoms with van der Waals surface area (Å²) in [5.41, 5.74) is 6.68. The molecule has 0 fully saturated rings. The number of carbonyl (C=O) groups excluding carboxylic acids is 1. The highest BCUT2D eigenvalue weighted by molar-refractivity contribution is 5.97. The summed E-state index contributed by atoms with van der Waals surface area (Å²) in [7, 11) is 1.50. The van der Waals surface area contributed by atoms with Crippen LogP contribution in [-0.2, 0) is 0 Å². The molecule has 0 aromatic heterocycles. The highest BCUT2D eigenvalue weighted by Crippen LogP contribution is 2.23. The van der Waals surface area contributed by atoms with E-state index in [0.29, 0.717) is 30.0 Å². The lowest BCUT2D eigenvalue weighted by atomic mass is 10.1. The fourth-order valence-electron chi connectivity index (χ4n) is 1.80. The van der Waals surface area contributed by atoms with Crippen LogP contribution in [0.3, 0.4) is 0 Å². The van der Waals surface area contributed by atoms with Crippen LogP contribution < -0.4 is 10.5 Å². The van der Waals surface area contributed by atoms with Crippen LogP contribution in [0.15, 0.2) is 18.2 Å². The molecule has 0 heterocycles. The summed E-state index contributed by atoms with van der Waals surface area (Å²) in [6, 6.07) is 7.01. The Hall–Kier alpha value is -2.22. The first-order chi connectivity index (χ1) is 9.01. The Balaban J connectivity index is 3.06. The van der Waals surface area contributed by atoms with E-state index in [1.807, 2.05) is 13.8 Å². The average Bonchev–Trinajstić information content (AvgIpc) is 2.38. The Labute approximate surface area is 113 Å². The van der Waals surface area contributed by atoms with Gasteiger partial charge >= 0.3 is 0 Å². The first kappa shape index (κ1) is 14.8. The molecule has 0 saturated heterocycles. The van der Waals surface area contributed by atoms with Gasteiger partial charge in [-0.05, 0) is 26.0 Å². The highest BCUT2D eigenvalue weighted by atomic mass is 16.5. The van der Waals surface area contributed by atoms with Gasteiger partial charge in [0.2, 0.25) is 0 Å². The molecule has 2 N–H and O–H groups in total. The lowest BCUT2D eigenvalue weighted by Gasteiger charge is -2.26. The molecule has 0 aliphatic heterocycles. The molecular weight excluding hydrogens is 242 g/mol. The maximum Gasteiger partial charge on any atom is 0.257 e. The van der Waals surface area contributed by atoms with Gasteiger partial charge in [-0.25, -0.2) is 0 Å². The van der Waals surface area contributed by atoms with Crippen molar-refractivity contribution in [3.05, 3.63) is 23.8 Å². The lowest BCUT2D eigenvalue weighted by molar-refractivity contribution is 0.0707. The Kier molecular flexibility index (Phi) is 5.19. The molecule has 1 rings (SSSR count). The van der Waals surface area contributed by atoms with Crippen LogP contribution in [0.4, 0.5) is 5.69 Å². The van der Waals surface area contributed by atoms with E-state index >= 15 is 0 Å². The van der Waals surface area contributed by atoms with Crippen molar-refractivity contribution in [3.8, 4) is 11.8 Å². The van der Waals surface area contributed by atoms with Crippen molar-refractivity contribution in [1.82, 2.24) is 4.90 Å². The smallest absolute Gasteiger partial charge is 0.257 e. The molecule has 5 nitrogen and oxygen atoms in total. The van der Waals surface area contributed by atoms with Gasteiger partial charge in [-0.2, -0.15) is 5.26 Å². The molecule has 5 heteroatoms. The molecule has 19 heavy (non-hydrogen) atoms. The molecule has 0 aliphatic rings. The maximum atomic E-state index is 12.5. The zero-order valence-electron chi connectivity index (χ0n) is 11.5. The number of carbonyl (C=O) groups is 1. The van der Waals surface area contributed by atoms with Crippen molar-refractivity contribution in [2.45, 2.75) is 26.3 Å². The number of benzene rings is 1. The van der Waals surface area contributed by atoms with Crippen molar-refractivity contribution in [1.29, 1.82) is 5.26 Å². The number of ether oxygens (including phenoxy) is 1. The Morgan fingerprint density at radius 1 is 1.53 bits per heavy atom. The summed E-state index contributed by atoms with van der Waals surface area (Å²) in [6.45, 7) is 4.23. The fourth-order valence-corrected chi connectivity index (χ4v) is 1.80. The number of nitrogens with two attached hydrogens (primary N) is 1. The van der Waals surface area contributed by atoms with E-state index in [9.17, 15) is 4.79 Å². The summed E-state index contributed by atoms with van der Waals surface area (Å²) >= 11 is 0. The van der Waals surface area contributed by atoms with Gasteiger partial charge in [0.15, 0.2) is 0 Å². The topological polar surface area (TPSA) is 79.3 Å². The van der Waals surface area contributed by atoms with E-state index < -0.39 is 0 Å². The monoisotopic (exact) mass is 261 g/mol. The largest absolute Gasteiger partial charge is 0.496 e. The fraction of sp³-hybridized carbons (Fsp3) is 0.429. The first-order valence-electron chi connectivity index (χ1n) is 6.12. The van der Waals surface area contributed by atoms with Crippen LogP contribution in [0.5, 0.6) is 5.75 Å². The normalized spacial score (nSPS) is 10.1. The second-order valence-corrected chi connectivity index (χ2v) is 4.46. The molecule has 1 amide bonds. The molecule has 102 valence electrons. The zero-order chi connectivity index (χ0) is 14.4. The SMILES string of the molecule is COc1cc(N)ccc1C(=O)N(CCC#N)C(C)C. The van der Waals surface area contributed by atoms with E-state index in [4.69, 9.17) is 15.7 Å². The third-order valence-electron chi connectivity index (χ3n) is 2.80. The quantitative estimate of drug-likeness (QED) is 0.822. The van der Waals surface area contributed by atoms with E-state index in [1.165, 1.54) is 7.11 Å². The molecular formula is C14H19N3O2. The van der Waals surface area contributed by atoms with Crippen molar-refractivity contribution < 1.29 is 9.53 Å². The van der Waals surface area contributed by atoms with Crippen LogP contribution >= 0.6 is 0 Å². The predicted octanol–water partition coefficient (Wildman–Crippen LogP) is 2.04. The Bertz CT molecular complexity index is 492. The lowest BCUT2D eigenvalue weighted by Crippen LogP contribution is -2.37. The number of nitriles is 1. The Morgan fingerprint density at radius 2 is 2.21 bits per heavy atom. The van der Waals surface area contributed by atoms with Crippen LogP contribution in [0.2, 0.25) is 0 Å². The minimum absolute atomic E-state index is 0.0168. The molecule has 1 aromatic carbocycles. The summed E-state index contributed by atoms with van der Waals surface area (Å²) in [6.07, 6.45) is 0.307.